The molecule has 2 unspecified atom stereocenters. The van der Waals surface area contributed by atoms with E-state index in [0.29, 0.717) is 5.92 Å². The Balaban J connectivity index is 2.25. The average molecular weight is 135 g/mol. The van der Waals surface area contributed by atoms with Crippen LogP contribution in [-0.4, -0.2) is 0 Å². The van der Waals surface area contributed by atoms with Gasteiger partial charge in [0.05, 0.1) is 0 Å². The molecule has 0 heterocycles. The van der Waals surface area contributed by atoms with Crippen LogP contribution in [0.15, 0.2) is 16.9 Å². The van der Waals surface area contributed by atoms with Crippen molar-refractivity contribution in [3.8, 4) is 0 Å². The predicted octanol–water partition coefficient (Wildman–Crippen LogP) is 2.61. The maximum Gasteiger partial charge on any atom is 0.0145 e. The molecule has 0 aromatic carbocycles. The minimum atomic E-state index is 0.598. The maximum atomic E-state index is 8.17. The van der Waals surface area contributed by atoms with E-state index in [1.54, 1.807) is 0 Å². The van der Waals surface area contributed by atoms with Gasteiger partial charge in [0.2, 0.25) is 0 Å². The lowest BCUT2D eigenvalue weighted by Crippen LogP contribution is -1.92. The van der Waals surface area contributed by atoms with Gasteiger partial charge in [0.1, 0.15) is 0 Å². The molecule has 1 fully saturated rings. The van der Waals surface area contributed by atoms with Crippen molar-refractivity contribution in [3.63, 3.8) is 0 Å². The predicted molar refractivity (Wildman–Crippen MR) is 38.1 cm³/mol. The molecule has 2 bridgehead atoms. The Hall–Kier alpha value is -0.950. The van der Waals surface area contributed by atoms with E-state index >= 15 is 0 Å². The summed E-state index contributed by atoms with van der Waals surface area (Å²) in [5, 5.41) is 3.65. The van der Waals surface area contributed by atoms with Gasteiger partial charge >= 0.3 is 0 Å². The van der Waals surface area contributed by atoms with Gasteiger partial charge in [-0.1, -0.05) is 11.2 Å². The first-order chi connectivity index (χ1) is 4.90. The van der Waals surface area contributed by atoms with Crippen LogP contribution in [-0.2, 0) is 0 Å². The normalized spacial score (nSPS) is 35.4. The largest absolute Gasteiger partial charge is 0.0756 e. The van der Waals surface area contributed by atoms with Crippen molar-refractivity contribution in [1.82, 2.24) is 0 Å². The van der Waals surface area contributed by atoms with Gasteiger partial charge in [0.25, 0.3) is 0 Å². The zero-order chi connectivity index (χ0) is 6.97. The number of hydrogen-bond donors (Lipinski definition) is 0. The van der Waals surface area contributed by atoms with E-state index < -0.39 is 0 Å². The van der Waals surface area contributed by atoms with E-state index in [1.807, 2.05) is 0 Å². The molecule has 0 aromatic rings. The molecule has 2 atom stereocenters. The van der Waals surface area contributed by atoms with Crippen LogP contribution < -0.4 is 0 Å². The molecule has 2 aliphatic carbocycles. The van der Waals surface area contributed by atoms with Crippen LogP contribution >= 0.6 is 0 Å². The molecule has 2 aliphatic rings. The Labute approximate surface area is 59.4 Å². The number of hydrogen-bond acceptors (Lipinski definition) is 1. The lowest BCUT2D eigenvalue weighted by atomic mass is 10.1. The fourth-order valence-corrected chi connectivity index (χ4v) is 1.98. The van der Waals surface area contributed by atoms with Gasteiger partial charge in [-0.25, -0.2) is 0 Å². The third-order valence-corrected chi connectivity index (χ3v) is 2.46. The Morgan fingerprint density at radius 1 is 1.60 bits per heavy atom. The summed E-state index contributed by atoms with van der Waals surface area (Å²) in [7, 11) is 0. The van der Waals surface area contributed by atoms with E-state index in [9.17, 15) is 0 Å². The summed E-state index contributed by atoms with van der Waals surface area (Å²) >= 11 is 0. The Kier molecular flexibility index (Phi) is 1.18. The summed E-state index contributed by atoms with van der Waals surface area (Å²) in [6.07, 6.45) is 5.90. The van der Waals surface area contributed by atoms with E-state index in [1.165, 1.54) is 19.3 Å². The van der Waals surface area contributed by atoms with Gasteiger partial charge in [-0.2, -0.15) is 0 Å². The molecule has 3 heteroatoms. The fraction of sp³-hybridized carbons (Fsp3) is 0.714. The molecule has 2 rings (SSSR count). The molecule has 3 nitrogen and oxygen atoms in total. The molecule has 0 aliphatic heterocycles. The minimum absolute atomic E-state index is 0.598. The summed E-state index contributed by atoms with van der Waals surface area (Å²) in [5.41, 5.74) is 9.17. The second-order valence-electron chi connectivity index (χ2n) is 3.05. The number of allylic oxidation sites excluding steroid dienone is 2. The first-order valence-corrected chi connectivity index (χ1v) is 3.67. The standard InChI is InChI=1S/C7H9N3/c8-10-9-7-4-5-1-2-6(7)3-5/h4-6H,1-3H2. The van der Waals surface area contributed by atoms with Gasteiger partial charge in [-0.3, -0.25) is 0 Å². The summed E-state index contributed by atoms with van der Waals surface area (Å²) in [6, 6.07) is 0. The van der Waals surface area contributed by atoms with Gasteiger partial charge < -0.3 is 0 Å². The van der Waals surface area contributed by atoms with Crippen molar-refractivity contribution in [3.05, 3.63) is 22.2 Å². The van der Waals surface area contributed by atoms with Crippen LogP contribution in [0.1, 0.15) is 19.3 Å². The highest BCUT2D eigenvalue weighted by Gasteiger charge is 2.31. The smallest absolute Gasteiger partial charge is 0.0145 e. The van der Waals surface area contributed by atoms with Crippen LogP contribution in [0.4, 0.5) is 0 Å². The van der Waals surface area contributed by atoms with Crippen molar-refractivity contribution >= 4 is 0 Å². The fourth-order valence-electron chi connectivity index (χ4n) is 1.98. The molecule has 0 aromatic heterocycles. The van der Waals surface area contributed by atoms with Gasteiger partial charge in [0, 0.05) is 10.6 Å². The molecule has 0 radical (unpaired) electrons. The third kappa shape index (κ3) is 0.711. The zero-order valence-electron chi connectivity index (χ0n) is 5.70. The van der Waals surface area contributed by atoms with Gasteiger partial charge in [-0.05, 0) is 36.6 Å². The highest BCUT2D eigenvalue weighted by atomic mass is 15.1. The van der Waals surface area contributed by atoms with Crippen molar-refractivity contribution in [2.24, 2.45) is 17.0 Å². The molecule has 0 spiro atoms. The van der Waals surface area contributed by atoms with E-state index in [4.69, 9.17) is 5.53 Å². The van der Waals surface area contributed by atoms with Crippen molar-refractivity contribution in [2.45, 2.75) is 19.3 Å². The van der Waals surface area contributed by atoms with Crippen LogP contribution in [0.25, 0.3) is 10.4 Å². The highest BCUT2D eigenvalue weighted by Crippen LogP contribution is 2.43. The summed E-state index contributed by atoms with van der Waals surface area (Å²) < 4.78 is 0. The SMILES string of the molecule is [N-]=[N+]=NC1=CC2CCC1C2. The third-order valence-electron chi connectivity index (χ3n) is 2.46. The van der Waals surface area contributed by atoms with Crippen molar-refractivity contribution in [1.29, 1.82) is 0 Å². The second kappa shape index (κ2) is 2.03. The molecule has 52 valence electrons. The molecule has 0 amide bonds. The molecule has 0 saturated heterocycles. The van der Waals surface area contributed by atoms with Crippen LogP contribution in [0.2, 0.25) is 0 Å². The van der Waals surface area contributed by atoms with Crippen LogP contribution in [0, 0.1) is 11.8 Å². The van der Waals surface area contributed by atoms with Crippen LogP contribution in [0.5, 0.6) is 0 Å². The minimum Gasteiger partial charge on any atom is -0.0756 e. The van der Waals surface area contributed by atoms with Gasteiger partial charge in [0.15, 0.2) is 0 Å². The molecular formula is C7H9N3. The Morgan fingerprint density at radius 3 is 3.00 bits per heavy atom. The maximum absolute atomic E-state index is 8.17. The topological polar surface area (TPSA) is 48.8 Å². The summed E-state index contributed by atoms with van der Waals surface area (Å²) in [5.74, 6) is 1.33. The van der Waals surface area contributed by atoms with E-state index in [2.05, 4.69) is 16.1 Å². The summed E-state index contributed by atoms with van der Waals surface area (Å²) in [4.78, 5) is 2.79. The number of fused-ring (bicyclic) bond motifs is 2. The zero-order valence-corrected chi connectivity index (χ0v) is 5.70. The van der Waals surface area contributed by atoms with Crippen molar-refractivity contribution < 1.29 is 0 Å². The number of rotatable bonds is 1. The van der Waals surface area contributed by atoms with E-state index in [0.717, 1.165) is 11.6 Å². The van der Waals surface area contributed by atoms with E-state index in [-0.39, 0.29) is 0 Å². The average Bonchev–Trinajstić information content (AvgIpc) is 2.48. The van der Waals surface area contributed by atoms with Crippen LogP contribution in [0.3, 0.4) is 0 Å². The molecule has 0 N–H and O–H groups in total. The molecule has 1 saturated carbocycles. The first-order valence-electron chi connectivity index (χ1n) is 3.67. The highest BCUT2D eigenvalue weighted by molar-refractivity contribution is 5.18. The number of azide groups is 1. The Morgan fingerprint density at radius 2 is 2.50 bits per heavy atom. The lowest BCUT2D eigenvalue weighted by molar-refractivity contribution is 0.649. The van der Waals surface area contributed by atoms with Gasteiger partial charge in [-0.15, -0.1) is 0 Å². The number of nitrogens with zero attached hydrogens (tertiary/aromatic N) is 3. The summed E-state index contributed by atoms with van der Waals surface area (Å²) in [6.45, 7) is 0. The van der Waals surface area contributed by atoms with Crippen molar-refractivity contribution in [2.75, 3.05) is 0 Å². The first kappa shape index (κ1) is 5.81. The molecular weight excluding hydrogens is 126 g/mol. The molecule has 10 heavy (non-hydrogen) atoms. The Bertz CT molecular complexity index is 225. The lowest BCUT2D eigenvalue weighted by Gasteiger charge is -2.05. The quantitative estimate of drug-likeness (QED) is 0.301. The monoisotopic (exact) mass is 135 g/mol. The second-order valence-corrected chi connectivity index (χ2v) is 3.05.